The van der Waals surface area contributed by atoms with Gasteiger partial charge in [-0.15, -0.1) is 0 Å². The van der Waals surface area contributed by atoms with Gasteiger partial charge in [0.1, 0.15) is 0 Å². The Morgan fingerprint density at radius 3 is 2.59 bits per heavy atom. The van der Waals surface area contributed by atoms with Crippen molar-refractivity contribution in [3.8, 4) is 0 Å². The van der Waals surface area contributed by atoms with E-state index in [0.29, 0.717) is 18.0 Å². The maximum absolute atomic E-state index is 12.8. The maximum Gasteiger partial charge on any atom is 0.243 e. The summed E-state index contributed by atoms with van der Waals surface area (Å²) in [6.45, 7) is 1.07. The first kappa shape index (κ1) is 15.7. The molecule has 0 amide bonds. The molecule has 2 heterocycles. The zero-order valence-corrected chi connectivity index (χ0v) is 14.7. The Morgan fingerprint density at radius 2 is 1.95 bits per heavy atom. The van der Waals surface area contributed by atoms with Crippen molar-refractivity contribution in [2.75, 3.05) is 13.1 Å². The minimum atomic E-state index is -3.43. The van der Waals surface area contributed by atoms with E-state index in [1.807, 2.05) is 19.3 Å². The zero-order valence-electron chi connectivity index (χ0n) is 12.3. The molecule has 118 valence electrons. The van der Waals surface area contributed by atoms with Crippen LogP contribution in [0.3, 0.4) is 0 Å². The fourth-order valence-electron chi connectivity index (χ4n) is 2.81. The minimum absolute atomic E-state index is 0.167. The van der Waals surface area contributed by atoms with Crippen LogP contribution < -0.4 is 0 Å². The van der Waals surface area contributed by atoms with Crippen LogP contribution >= 0.6 is 15.9 Å². The van der Waals surface area contributed by atoms with Crippen molar-refractivity contribution in [3.63, 3.8) is 0 Å². The van der Waals surface area contributed by atoms with E-state index in [0.717, 1.165) is 23.0 Å². The lowest BCUT2D eigenvalue weighted by molar-refractivity contribution is 0.312. The van der Waals surface area contributed by atoms with Crippen molar-refractivity contribution < 1.29 is 8.42 Å². The summed E-state index contributed by atoms with van der Waals surface area (Å²) in [6, 6.07) is 8.77. The Hall–Kier alpha value is -1.18. The summed E-state index contributed by atoms with van der Waals surface area (Å²) in [5.41, 5.74) is 0.971. The molecule has 1 atom stereocenters. The van der Waals surface area contributed by atoms with Gasteiger partial charge in [0.15, 0.2) is 0 Å². The number of rotatable bonds is 3. The van der Waals surface area contributed by atoms with Gasteiger partial charge in [0.2, 0.25) is 10.0 Å². The molecule has 7 heteroatoms. The maximum atomic E-state index is 12.8. The van der Waals surface area contributed by atoms with Crippen molar-refractivity contribution in [1.82, 2.24) is 14.1 Å². The molecule has 0 radical (unpaired) electrons. The second-order valence-corrected chi connectivity index (χ2v) is 8.42. The van der Waals surface area contributed by atoms with Crippen LogP contribution in [0.5, 0.6) is 0 Å². The summed E-state index contributed by atoms with van der Waals surface area (Å²) in [5.74, 6) is 0.167. The van der Waals surface area contributed by atoms with E-state index in [9.17, 15) is 8.42 Å². The van der Waals surface area contributed by atoms with Gasteiger partial charge in [0.25, 0.3) is 0 Å². The fraction of sp³-hybridized carbons (Fsp3) is 0.400. The number of hydrogen-bond acceptors (Lipinski definition) is 3. The number of aryl methyl sites for hydroxylation is 1. The SMILES string of the molecule is Cn1ccc(C2CCCN(S(=O)(=O)c3ccc(Br)cc3)C2)n1. The lowest BCUT2D eigenvalue weighted by Gasteiger charge is -2.31. The van der Waals surface area contributed by atoms with Gasteiger partial charge in [-0.05, 0) is 43.2 Å². The third-order valence-electron chi connectivity index (χ3n) is 3.99. The number of halogens is 1. The van der Waals surface area contributed by atoms with Gasteiger partial charge in [-0.2, -0.15) is 9.40 Å². The van der Waals surface area contributed by atoms with Gasteiger partial charge in [-0.1, -0.05) is 15.9 Å². The Kier molecular flexibility index (Phi) is 4.38. The summed E-state index contributed by atoms with van der Waals surface area (Å²) in [7, 11) is -1.56. The van der Waals surface area contributed by atoms with Crippen LogP contribution in [0.4, 0.5) is 0 Å². The predicted octanol–water partition coefficient (Wildman–Crippen LogP) is 2.75. The second kappa shape index (κ2) is 6.14. The highest BCUT2D eigenvalue weighted by Gasteiger charge is 2.31. The predicted molar refractivity (Wildman–Crippen MR) is 88.1 cm³/mol. The first-order valence-corrected chi connectivity index (χ1v) is 9.45. The zero-order chi connectivity index (χ0) is 15.7. The van der Waals surface area contributed by atoms with Crippen molar-refractivity contribution in [1.29, 1.82) is 0 Å². The molecule has 0 bridgehead atoms. The number of aromatic nitrogens is 2. The molecule has 3 rings (SSSR count). The number of nitrogens with zero attached hydrogens (tertiary/aromatic N) is 3. The summed E-state index contributed by atoms with van der Waals surface area (Å²) < 4.78 is 29.7. The van der Waals surface area contributed by atoms with Gasteiger partial charge >= 0.3 is 0 Å². The monoisotopic (exact) mass is 383 g/mol. The standard InChI is InChI=1S/C15H18BrN3O2S/c1-18-10-8-15(17-18)12-3-2-9-19(11-12)22(20,21)14-6-4-13(16)5-7-14/h4-8,10,12H,2-3,9,11H2,1H3. The molecule has 1 aliphatic rings. The second-order valence-electron chi connectivity index (χ2n) is 5.57. The Balaban J connectivity index is 1.83. The number of hydrogen-bond donors (Lipinski definition) is 0. The average molecular weight is 384 g/mol. The molecule has 1 fully saturated rings. The van der Waals surface area contributed by atoms with E-state index in [-0.39, 0.29) is 5.92 Å². The summed E-state index contributed by atoms with van der Waals surface area (Å²) >= 11 is 3.33. The van der Waals surface area contributed by atoms with Gasteiger partial charge in [-0.25, -0.2) is 8.42 Å². The molecular formula is C15H18BrN3O2S. The smallest absolute Gasteiger partial charge is 0.243 e. The topological polar surface area (TPSA) is 55.2 Å². The summed E-state index contributed by atoms with van der Waals surface area (Å²) in [5, 5.41) is 4.42. The van der Waals surface area contributed by atoms with Gasteiger partial charge in [0, 0.05) is 36.7 Å². The van der Waals surface area contributed by atoms with Crippen molar-refractivity contribution >= 4 is 26.0 Å². The van der Waals surface area contributed by atoms with Crippen LogP contribution in [-0.2, 0) is 17.1 Å². The van der Waals surface area contributed by atoms with E-state index in [2.05, 4.69) is 21.0 Å². The normalized spacial score (nSPS) is 20.2. The number of benzene rings is 1. The lowest BCUT2D eigenvalue weighted by atomic mass is 9.96. The quantitative estimate of drug-likeness (QED) is 0.818. The first-order valence-electron chi connectivity index (χ1n) is 7.22. The fourth-order valence-corrected chi connectivity index (χ4v) is 4.60. The van der Waals surface area contributed by atoms with Crippen molar-refractivity contribution in [2.45, 2.75) is 23.7 Å². The molecule has 0 saturated carbocycles. The molecular weight excluding hydrogens is 366 g/mol. The molecule has 0 N–H and O–H groups in total. The lowest BCUT2D eigenvalue weighted by Crippen LogP contribution is -2.39. The largest absolute Gasteiger partial charge is 0.276 e. The van der Waals surface area contributed by atoms with Crippen molar-refractivity contribution in [2.24, 2.45) is 7.05 Å². The van der Waals surface area contributed by atoms with E-state index >= 15 is 0 Å². The Bertz CT molecular complexity index is 755. The Morgan fingerprint density at radius 1 is 1.23 bits per heavy atom. The Labute approximate surface area is 139 Å². The molecule has 1 saturated heterocycles. The third-order valence-corrected chi connectivity index (χ3v) is 6.40. The molecule has 22 heavy (non-hydrogen) atoms. The first-order chi connectivity index (χ1) is 10.5. The highest BCUT2D eigenvalue weighted by molar-refractivity contribution is 9.10. The van der Waals surface area contributed by atoms with Crippen LogP contribution in [-0.4, -0.2) is 35.6 Å². The van der Waals surface area contributed by atoms with Gasteiger partial charge in [0.05, 0.1) is 10.6 Å². The third kappa shape index (κ3) is 3.11. The van der Waals surface area contributed by atoms with E-state index in [1.54, 1.807) is 33.3 Å². The average Bonchev–Trinajstić information content (AvgIpc) is 2.94. The summed E-state index contributed by atoms with van der Waals surface area (Å²) in [6.07, 6.45) is 3.73. The number of sulfonamides is 1. The molecule has 1 aliphatic heterocycles. The minimum Gasteiger partial charge on any atom is -0.276 e. The van der Waals surface area contributed by atoms with Gasteiger partial charge in [-0.3, -0.25) is 4.68 Å². The van der Waals surface area contributed by atoms with Crippen LogP contribution in [0.2, 0.25) is 0 Å². The van der Waals surface area contributed by atoms with Crippen LogP contribution in [0.15, 0.2) is 45.9 Å². The van der Waals surface area contributed by atoms with E-state index < -0.39 is 10.0 Å². The highest BCUT2D eigenvalue weighted by atomic mass is 79.9. The van der Waals surface area contributed by atoms with E-state index in [1.165, 1.54) is 0 Å². The van der Waals surface area contributed by atoms with Crippen LogP contribution in [0.25, 0.3) is 0 Å². The van der Waals surface area contributed by atoms with Gasteiger partial charge < -0.3 is 0 Å². The van der Waals surface area contributed by atoms with Crippen LogP contribution in [0, 0.1) is 0 Å². The molecule has 1 unspecified atom stereocenters. The molecule has 0 spiro atoms. The molecule has 2 aromatic rings. The highest BCUT2D eigenvalue weighted by Crippen LogP contribution is 2.29. The molecule has 1 aromatic carbocycles. The molecule has 1 aromatic heterocycles. The molecule has 5 nitrogen and oxygen atoms in total. The van der Waals surface area contributed by atoms with Crippen molar-refractivity contribution in [3.05, 3.63) is 46.7 Å². The number of piperidine rings is 1. The van der Waals surface area contributed by atoms with E-state index in [4.69, 9.17) is 0 Å². The van der Waals surface area contributed by atoms with Crippen LogP contribution in [0.1, 0.15) is 24.5 Å². The molecule has 0 aliphatic carbocycles. The summed E-state index contributed by atoms with van der Waals surface area (Å²) in [4.78, 5) is 0.345.